The van der Waals surface area contributed by atoms with Crippen molar-refractivity contribution in [2.24, 2.45) is 0 Å². The molecule has 1 atom stereocenters. The van der Waals surface area contributed by atoms with Gasteiger partial charge in [0.2, 0.25) is 5.89 Å². The second-order valence-corrected chi connectivity index (χ2v) is 4.71. The van der Waals surface area contributed by atoms with Crippen molar-refractivity contribution in [1.82, 2.24) is 15.5 Å². The van der Waals surface area contributed by atoms with Crippen LogP contribution in [0, 0.1) is 0 Å². The Bertz CT molecular complexity index is 361. The SMILES string of the molecule is CCCNC(C)CCc1nc(CCOCC(F)F)no1. The summed E-state index contributed by atoms with van der Waals surface area (Å²) in [6.45, 7) is 4.87. The highest BCUT2D eigenvalue weighted by molar-refractivity contribution is 4.87. The molecule has 0 aliphatic heterocycles. The van der Waals surface area contributed by atoms with Gasteiger partial charge in [0.15, 0.2) is 5.82 Å². The molecule has 0 saturated carbocycles. The van der Waals surface area contributed by atoms with Crippen molar-refractivity contribution in [3.8, 4) is 0 Å². The fraction of sp³-hybridized carbons (Fsp3) is 0.846. The van der Waals surface area contributed by atoms with Crippen LogP contribution >= 0.6 is 0 Å². The first-order valence-corrected chi connectivity index (χ1v) is 7.02. The third-order valence-electron chi connectivity index (χ3n) is 2.76. The van der Waals surface area contributed by atoms with E-state index in [9.17, 15) is 8.78 Å². The summed E-state index contributed by atoms with van der Waals surface area (Å²) in [6.07, 6.45) is 0.688. The summed E-state index contributed by atoms with van der Waals surface area (Å²) < 4.78 is 33.6. The Morgan fingerprint density at radius 1 is 1.35 bits per heavy atom. The number of halogens is 2. The van der Waals surface area contributed by atoms with E-state index in [0.717, 1.165) is 19.4 Å². The summed E-state index contributed by atoms with van der Waals surface area (Å²) in [5.41, 5.74) is 0. The van der Waals surface area contributed by atoms with Gasteiger partial charge >= 0.3 is 0 Å². The molecule has 0 bridgehead atoms. The smallest absolute Gasteiger partial charge is 0.261 e. The van der Waals surface area contributed by atoms with Crippen LogP contribution in [0.15, 0.2) is 4.52 Å². The predicted molar refractivity (Wildman–Crippen MR) is 70.9 cm³/mol. The van der Waals surface area contributed by atoms with Gasteiger partial charge < -0.3 is 14.6 Å². The Hall–Kier alpha value is -1.08. The van der Waals surface area contributed by atoms with Crippen LogP contribution in [0.2, 0.25) is 0 Å². The maximum absolute atomic E-state index is 11.8. The molecule has 7 heteroatoms. The molecule has 1 rings (SSSR count). The number of alkyl halides is 2. The van der Waals surface area contributed by atoms with E-state index in [1.165, 1.54) is 0 Å². The molecule has 1 N–H and O–H groups in total. The van der Waals surface area contributed by atoms with Gasteiger partial charge in [0, 0.05) is 18.9 Å². The molecule has 0 radical (unpaired) electrons. The lowest BCUT2D eigenvalue weighted by molar-refractivity contribution is 0.0182. The summed E-state index contributed by atoms with van der Waals surface area (Å²) in [4.78, 5) is 4.21. The van der Waals surface area contributed by atoms with E-state index in [1.807, 2.05) is 0 Å². The maximum Gasteiger partial charge on any atom is 0.261 e. The van der Waals surface area contributed by atoms with E-state index in [-0.39, 0.29) is 6.61 Å². The molecule has 0 aliphatic carbocycles. The van der Waals surface area contributed by atoms with Gasteiger partial charge in [-0.25, -0.2) is 8.78 Å². The molecule has 0 amide bonds. The van der Waals surface area contributed by atoms with E-state index in [2.05, 4.69) is 29.3 Å². The molecule has 0 aliphatic rings. The Morgan fingerprint density at radius 2 is 2.15 bits per heavy atom. The van der Waals surface area contributed by atoms with Gasteiger partial charge in [-0.2, -0.15) is 4.98 Å². The number of aryl methyl sites for hydroxylation is 1. The standard InChI is InChI=1S/C13H23F2N3O2/c1-3-7-16-10(2)4-5-13-17-12(18-20-13)6-8-19-9-11(14)15/h10-11,16H,3-9H2,1-2H3. The quantitative estimate of drug-likeness (QED) is 0.633. The largest absolute Gasteiger partial charge is 0.375 e. The van der Waals surface area contributed by atoms with E-state index in [4.69, 9.17) is 9.26 Å². The molecule has 1 unspecified atom stereocenters. The molecule has 5 nitrogen and oxygen atoms in total. The summed E-state index contributed by atoms with van der Waals surface area (Å²) in [6, 6.07) is 0.402. The molecule has 1 aromatic heterocycles. The zero-order valence-electron chi connectivity index (χ0n) is 12.1. The minimum Gasteiger partial charge on any atom is -0.375 e. The Morgan fingerprint density at radius 3 is 2.85 bits per heavy atom. The van der Waals surface area contributed by atoms with Gasteiger partial charge in [-0.3, -0.25) is 0 Å². The van der Waals surface area contributed by atoms with Crippen molar-refractivity contribution in [2.75, 3.05) is 19.8 Å². The Kier molecular flexibility index (Phi) is 8.29. The number of rotatable bonds is 11. The van der Waals surface area contributed by atoms with Crippen LogP contribution in [-0.2, 0) is 17.6 Å². The lowest BCUT2D eigenvalue weighted by atomic mass is 10.2. The van der Waals surface area contributed by atoms with Gasteiger partial charge in [-0.15, -0.1) is 0 Å². The average molecular weight is 291 g/mol. The lowest BCUT2D eigenvalue weighted by Crippen LogP contribution is -2.27. The van der Waals surface area contributed by atoms with E-state index in [0.29, 0.717) is 30.6 Å². The fourth-order valence-corrected chi connectivity index (χ4v) is 1.66. The zero-order chi connectivity index (χ0) is 14.8. The molecule has 20 heavy (non-hydrogen) atoms. The Balaban J connectivity index is 2.18. The van der Waals surface area contributed by atoms with Gasteiger partial charge in [0.1, 0.15) is 6.61 Å². The van der Waals surface area contributed by atoms with Crippen LogP contribution < -0.4 is 5.32 Å². The maximum atomic E-state index is 11.8. The second-order valence-electron chi connectivity index (χ2n) is 4.71. The number of nitrogens with zero attached hydrogens (tertiary/aromatic N) is 2. The fourth-order valence-electron chi connectivity index (χ4n) is 1.66. The van der Waals surface area contributed by atoms with Gasteiger partial charge in [0.05, 0.1) is 6.61 Å². The van der Waals surface area contributed by atoms with E-state index in [1.54, 1.807) is 0 Å². The van der Waals surface area contributed by atoms with E-state index < -0.39 is 13.0 Å². The number of nitrogens with one attached hydrogen (secondary N) is 1. The van der Waals surface area contributed by atoms with Crippen molar-refractivity contribution >= 4 is 0 Å². The molecule has 1 aromatic rings. The number of hydrogen-bond acceptors (Lipinski definition) is 5. The van der Waals surface area contributed by atoms with Crippen LogP contribution in [0.3, 0.4) is 0 Å². The van der Waals surface area contributed by atoms with Crippen molar-refractivity contribution in [1.29, 1.82) is 0 Å². The molecule has 0 spiro atoms. The first kappa shape index (κ1) is 17.0. The number of ether oxygens (including phenoxy) is 1. The van der Waals surface area contributed by atoms with Crippen LogP contribution in [0.25, 0.3) is 0 Å². The molecule has 0 fully saturated rings. The van der Waals surface area contributed by atoms with Crippen molar-refractivity contribution in [3.63, 3.8) is 0 Å². The van der Waals surface area contributed by atoms with Gasteiger partial charge in [0.25, 0.3) is 6.43 Å². The van der Waals surface area contributed by atoms with E-state index >= 15 is 0 Å². The topological polar surface area (TPSA) is 60.2 Å². The van der Waals surface area contributed by atoms with Crippen LogP contribution in [0.4, 0.5) is 8.78 Å². The minimum atomic E-state index is -2.44. The van der Waals surface area contributed by atoms with Crippen molar-refractivity contribution in [2.45, 2.75) is 52.0 Å². The molecule has 1 heterocycles. The molecule has 116 valence electrons. The minimum absolute atomic E-state index is 0.178. The molecule has 0 aromatic carbocycles. The highest BCUT2D eigenvalue weighted by Crippen LogP contribution is 2.04. The summed E-state index contributed by atoms with van der Waals surface area (Å²) in [7, 11) is 0. The molecular formula is C13H23F2N3O2. The molecule has 0 saturated heterocycles. The summed E-state index contributed by atoms with van der Waals surface area (Å²) in [5, 5.41) is 7.18. The van der Waals surface area contributed by atoms with Crippen molar-refractivity contribution in [3.05, 3.63) is 11.7 Å². The van der Waals surface area contributed by atoms with Crippen LogP contribution in [-0.4, -0.2) is 42.4 Å². The first-order chi connectivity index (χ1) is 9.61. The molecular weight excluding hydrogens is 268 g/mol. The van der Waals surface area contributed by atoms with Crippen LogP contribution in [0.5, 0.6) is 0 Å². The zero-order valence-corrected chi connectivity index (χ0v) is 12.1. The predicted octanol–water partition coefficient (Wildman–Crippen LogP) is 2.21. The van der Waals surface area contributed by atoms with Gasteiger partial charge in [-0.05, 0) is 26.3 Å². The Labute approximate surface area is 118 Å². The highest BCUT2D eigenvalue weighted by Gasteiger charge is 2.09. The van der Waals surface area contributed by atoms with Crippen LogP contribution in [0.1, 0.15) is 38.4 Å². The number of aromatic nitrogens is 2. The number of hydrogen-bond donors (Lipinski definition) is 1. The monoisotopic (exact) mass is 291 g/mol. The first-order valence-electron chi connectivity index (χ1n) is 7.02. The average Bonchev–Trinajstić information content (AvgIpc) is 2.86. The van der Waals surface area contributed by atoms with Crippen molar-refractivity contribution < 1.29 is 18.0 Å². The normalized spacial score (nSPS) is 13.1. The van der Waals surface area contributed by atoms with Gasteiger partial charge in [-0.1, -0.05) is 12.1 Å². The third kappa shape index (κ3) is 7.49. The summed E-state index contributed by atoms with van der Waals surface area (Å²) in [5.74, 6) is 1.09. The lowest BCUT2D eigenvalue weighted by Gasteiger charge is -2.10. The third-order valence-corrected chi connectivity index (χ3v) is 2.76. The second kappa shape index (κ2) is 9.77. The summed E-state index contributed by atoms with van der Waals surface area (Å²) >= 11 is 0. The highest BCUT2D eigenvalue weighted by atomic mass is 19.3.